The van der Waals surface area contributed by atoms with E-state index in [4.69, 9.17) is 5.11 Å². The minimum Gasteiger partial charge on any atom is -0.396 e. The van der Waals surface area contributed by atoms with Crippen molar-refractivity contribution in [2.45, 2.75) is 25.3 Å². The lowest BCUT2D eigenvalue weighted by Gasteiger charge is -2.04. The number of carbonyl (C=O) groups excluding carboxylic acids is 1. The molecule has 3 N–H and O–H groups in total. The largest absolute Gasteiger partial charge is 0.396 e. The van der Waals surface area contributed by atoms with Crippen molar-refractivity contribution >= 4 is 6.03 Å². The predicted molar refractivity (Wildman–Crippen MR) is 41.3 cm³/mol. The van der Waals surface area contributed by atoms with Gasteiger partial charge in [0.15, 0.2) is 0 Å². The van der Waals surface area contributed by atoms with Crippen LogP contribution in [-0.4, -0.2) is 30.3 Å². The zero-order chi connectivity index (χ0) is 8.10. The van der Waals surface area contributed by atoms with Gasteiger partial charge in [0.1, 0.15) is 0 Å². The highest BCUT2D eigenvalue weighted by molar-refractivity contribution is 5.74. The third-order valence-corrected chi connectivity index (χ3v) is 1.53. The number of hydrogen-bond acceptors (Lipinski definition) is 2. The molecule has 0 atom stereocenters. The van der Waals surface area contributed by atoms with E-state index < -0.39 is 0 Å². The van der Waals surface area contributed by atoms with Gasteiger partial charge in [-0.25, -0.2) is 4.79 Å². The Balaban J connectivity index is 1.92. The van der Waals surface area contributed by atoms with E-state index >= 15 is 0 Å². The van der Waals surface area contributed by atoms with Crippen molar-refractivity contribution in [2.24, 2.45) is 0 Å². The van der Waals surface area contributed by atoms with Gasteiger partial charge in [-0.05, 0) is 19.3 Å². The number of hydrogen-bond donors (Lipinski definition) is 3. The molecule has 0 bridgehead atoms. The molecule has 1 aliphatic rings. The summed E-state index contributed by atoms with van der Waals surface area (Å²) in [5.74, 6) is 0. The van der Waals surface area contributed by atoms with Gasteiger partial charge in [0.2, 0.25) is 0 Å². The minimum absolute atomic E-state index is 0.110. The number of urea groups is 1. The normalized spacial score (nSPS) is 16.1. The van der Waals surface area contributed by atoms with Crippen LogP contribution >= 0.6 is 0 Å². The van der Waals surface area contributed by atoms with Gasteiger partial charge in [-0.1, -0.05) is 0 Å². The van der Waals surface area contributed by atoms with Crippen molar-refractivity contribution in [3.05, 3.63) is 0 Å². The van der Waals surface area contributed by atoms with E-state index in [0.717, 1.165) is 12.8 Å². The number of rotatable bonds is 4. The van der Waals surface area contributed by atoms with Gasteiger partial charge >= 0.3 is 6.03 Å². The van der Waals surface area contributed by atoms with Crippen LogP contribution in [0.4, 0.5) is 4.79 Å². The van der Waals surface area contributed by atoms with E-state index in [0.29, 0.717) is 19.0 Å². The number of aliphatic hydroxyl groups is 1. The van der Waals surface area contributed by atoms with Crippen LogP contribution < -0.4 is 10.6 Å². The molecule has 11 heavy (non-hydrogen) atoms. The first-order valence-corrected chi connectivity index (χ1v) is 3.98. The van der Waals surface area contributed by atoms with Gasteiger partial charge in [0.05, 0.1) is 0 Å². The van der Waals surface area contributed by atoms with Gasteiger partial charge in [-0.15, -0.1) is 0 Å². The highest BCUT2D eigenvalue weighted by atomic mass is 16.3. The van der Waals surface area contributed by atoms with Crippen molar-refractivity contribution in [1.29, 1.82) is 0 Å². The molecule has 0 heterocycles. The molecule has 0 radical (unpaired) electrons. The van der Waals surface area contributed by atoms with E-state index in [9.17, 15) is 4.79 Å². The van der Waals surface area contributed by atoms with Gasteiger partial charge in [0, 0.05) is 19.2 Å². The molecule has 0 aliphatic heterocycles. The predicted octanol–water partition coefficient (Wildman–Crippen LogP) is -0.170. The Morgan fingerprint density at radius 2 is 2.27 bits per heavy atom. The maximum Gasteiger partial charge on any atom is 0.315 e. The Kier molecular flexibility index (Phi) is 3.16. The molecule has 2 amide bonds. The molecule has 64 valence electrons. The SMILES string of the molecule is O=C(NCCCO)NC1CC1. The molecule has 0 saturated heterocycles. The quantitative estimate of drug-likeness (QED) is 0.497. The third kappa shape index (κ3) is 3.83. The van der Waals surface area contributed by atoms with E-state index in [2.05, 4.69) is 10.6 Å². The van der Waals surface area contributed by atoms with Crippen LogP contribution in [0.25, 0.3) is 0 Å². The van der Waals surface area contributed by atoms with Crippen LogP contribution in [0, 0.1) is 0 Å². The Bertz CT molecular complexity index is 134. The monoisotopic (exact) mass is 158 g/mol. The van der Waals surface area contributed by atoms with Crippen LogP contribution in [0.2, 0.25) is 0 Å². The Morgan fingerprint density at radius 1 is 1.55 bits per heavy atom. The number of amides is 2. The topological polar surface area (TPSA) is 61.4 Å². The van der Waals surface area contributed by atoms with Crippen molar-refractivity contribution in [1.82, 2.24) is 10.6 Å². The fourth-order valence-electron chi connectivity index (χ4n) is 0.745. The van der Waals surface area contributed by atoms with Crippen LogP contribution in [0.1, 0.15) is 19.3 Å². The summed E-state index contributed by atoms with van der Waals surface area (Å²) in [4.78, 5) is 10.9. The number of nitrogens with one attached hydrogen (secondary N) is 2. The van der Waals surface area contributed by atoms with Gasteiger partial charge in [-0.2, -0.15) is 0 Å². The van der Waals surface area contributed by atoms with Crippen LogP contribution in [0.5, 0.6) is 0 Å². The molecule has 1 rings (SSSR count). The first-order valence-electron chi connectivity index (χ1n) is 3.98. The molecule has 0 aromatic rings. The van der Waals surface area contributed by atoms with Crippen molar-refractivity contribution in [3.8, 4) is 0 Å². The highest BCUT2D eigenvalue weighted by Gasteiger charge is 2.22. The Hall–Kier alpha value is -0.770. The van der Waals surface area contributed by atoms with Crippen molar-refractivity contribution < 1.29 is 9.90 Å². The molecule has 0 aromatic heterocycles. The average Bonchev–Trinajstić information content (AvgIpc) is 2.72. The van der Waals surface area contributed by atoms with Crippen molar-refractivity contribution in [2.75, 3.05) is 13.2 Å². The Labute approximate surface area is 66.0 Å². The second kappa shape index (κ2) is 4.18. The fraction of sp³-hybridized carbons (Fsp3) is 0.857. The molecule has 1 fully saturated rings. The van der Waals surface area contributed by atoms with E-state index in [1.807, 2.05) is 0 Å². The number of aliphatic hydroxyl groups excluding tert-OH is 1. The summed E-state index contributed by atoms with van der Waals surface area (Å²) in [6.07, 6.45) is 2.83. The van der Waals surface area contributed by atoms with E-state index in [-0.39, 0.29) is 12.6 Å². The van der Waals surface area contributed by atoms with E-state index in [1.165, 1.54) is 0 Å². The molecule has 0 aromatic carbocycles. The molecule has 4 nitrogen and oxygen atoms in total. The highest BCUT2D eigenvalue weighted by Crippen LogP contribution is 2.17. The third-order valence-electron chi connectivity index (χ3n) is 1.53. The molecular formula is C7H14N2O2. The van der Waals surface area contributed by atoms with Gasteiger partial charge < -0.3 is 15.7 Å². The maximum atomic E-state index is 10.9. The first-order chi connectivity index (χ1) is 5.33. The Morgan fingerprint density at radius 3 is 2.82 bits per heavy atom. The van der Waals surface area contributed by atoms with Crippen molar-refractivity contribution in [3.63, 3.8) is 0 Å². The lowest BCUT2D eigenvalue weighted by molar-refractivity contribution is 0.237. The molecule has 0 spiro atoms. The summed E-state index contributed by atoms with van der Waals surface area (Å²) in [6.45, 7) is 0.679. The molecule has 4 heteroatoms. The van der Waals surface area contributed by atoms with Crippen LogP contribution in [0.15, 0.2) is 0 Å². The summed E-state index contributed by atoms with van der Waals surface area (Å²) in [5.41, 5.74) is 0. The lowest BCUT2D eigenvalue weighted by Crippen LogP contribution is -2.37. The second-order valence-electron chi connectivity index (χ2n) is 2.75. The molecule has 0 unspecified atom stereocenters. The summed E-state index contributed by atoms with van der Waals surface area (Å²) >= 11 is 0. The standard InChI is InChI=1S/C7H14N2O2/c10-5-1-4-8-7(11)9-6-2-3-6/h6,10H,1-5H2,(H2,8,9,11). The summed E-state index contributed by atoms with van der Waals surface area (Å²) in [5, 5.41) is 13.8. The molecule has 1 saturated carbocycles. The van der Waals surface area contributed by atoms with E-state index in [1.54, 1.807) is 0 Å². The first kappa shape index (κ1) is 8.33. The minimum atomic E-state index is -0.110. The average molecular weight is 158 g/mol. The van der Waals surface area contributed by atoms with Gasteiger partial charge in [-0.3, -0.25) is 0 Å². The summed E-state index contributed by atoms with van der Waals surface area (Å²) in [6, 6.07) is 0.296. The second-order valence-corrected chi connectivity index (χ2v) is 2.75. The zero-order valence-corrected chi connectivity index (χ0v) is 6.47. The van der Waals surface area contributed by atoms with Crippen LogP contribution in [-0.2, 0) is 0 Å². The van der Waals surface area contributed by atoms with Gasteiger partial charge in [0.25, 0.3) is 0 Å². The fourth-order valence-corrected chi connectivity index (χ4v) is 0.745. The lowest BCUT2D eigenvalue weighted by atomic mass is 10.4. The number of carbonyl (C=O) groups is 1. The zero-order valence-electron chi connectivity index (χ0n) is 6.47. The molecular weight excluding hydrogens is 144 g/mol. The smallest absolute Gasteiger partial charge is 0.315 e. The maximum absolute atomic E-state index is 10.9. The summed E-state index contributed by atoms with van der Waals surface area (Å²) < 4.78 is 0. The van der Waals surface area contributed by atoms with Crippen LogP contribution in [0.3, 0.4) is 0 Å². The summed E-state index contributed by atoms with van der Waals surface area (Å²) in [7, 11) is 0. The molecule has 1 aliphatic carbocycles.